The van der Waals surface area contributed by atoms with Crippen LogP contribution < -0.4 is 5.73 Å². The van der Waals surface area contributed by atoms with Crippen LogP contribution in [0.15, 0.2) is 49.1 Å². The van der Waals surface area contributed by atoms with Gasteiger partial charge in [0.15, 0.2) is 0 Å². The number of hydrogen-bond acceptors (Lipinski definition) is 6. The van der Waals surface area contributed by atoms with Crippen molar-refractivity contribution < 1.29 is 9.53 Å². The zero-order chi connectivity index (χ0) is 25.4. The van der Waals surface area contributed by atoms with Gasteiger partial charge < -0.3 is 19.9 Å². The summed E-state index contributed by atoms with van der Waals surface area (Å²) in [5.41, 5.74) is 12.8. The van der Waals surface area contributed by atoms with E-state index in [1.165, 1.54) is 0 Å². The molecule has 0 bridgehead atoms. The highest BCUT2D eigenvalue weighted by atomic mass is 35.5. The van der Waals surface area contributed by atoms with Crippen LogP contribution >= 0.6 is 11.6 Å². The summed E-state index contributed by atoms with van der Waals surface area (Å²) in [6, 6.07) is 9.51. The van der Waals surface area contributed by atoms with Gasteiger partial charge in [-0.05, 0) is 60.4 Å². The van der Waals surface area contributed by atoms with Crippen molar-refractivity contribution in [3.63, 3.8) is 0 Å². The third-order valence-corrected chi connectivity index (χ3v) is 7.08. The number of carbonyl (C=O) groups is 1. The molecule has 5 rings (SSSR count). The lowest BCUT2D eigenvalue weighted by molar-refractivity contribution is 0.0513. The first kappa shape index (κ1) is 24.5. The molecule has 1 aliphatic heterocycles. The second-order valence-electron chi connectivity index (χ2n) is 9.57. The molecule has 2 aromatic heterocycles. The molecule has 3 aromatic rings. The monoisotopic (exact) mass is 506 g/mol. The average Bonchev–Trinajstić information content (AvgIpc) is 3.23. The van der Waals surface area contributed by atoms with Gasteiger partial charge in [0.1, 0.15) is 0 Å². The van der Waals surface area contributed by atoms with Crippen LogP contribution in [-0.4, -0.2) is 62.7 Å². The van der Waals surface area contributed by atoms with Crippen LogP contribution in [0.25, 0.3) is 11.6 Å². The molecule has 2 atom stereocenters. The van der Waals surface area contributed by atoms with Crippen molar-refractivity contribution >= 4 is 29.3 Å². The maximum Gasteiger partial charge on any atom is 0.410 e. The highest BCUT2D eigenvalue weighted by Crippen LogP contribution is 2.43. The van der Waals surface area contributed by atoms with Crippen molar-refractivity contribution in [2.75, 3.05) is 26.2 Å². The number of hydrogen-bond donors (Lipinski definition) is 1. The lowest BCUT2D eigenvalue weighted by atomic mass is 9.90. The topological polar surface area (TPSA) is 89.5 Å². The zero-order valence-electron chi connectivity index (χ0n) is 20.8. The van der Waals surface area contributed by atoms with Gasteiger partial charge in [-0.2, -0.15) is 0 Å². The minimum atomic E-state index is -0.399. The SMILES string of the molecule is CC(C)OC(=O)N1CCN(C2c3ccc(Cl)cc3C(C(N)c3cncn3C)=Cc3cccnc32)CC1. The molecule has 9 heteroatoms. The summed E-state index contributed by atoms with van der Waals surface area (Å²) in [5, 5.41) is 0.649. The third kappa shape index (κ3) is 4.64. The van der Waals surface area contributed by atoms with Gasteiger partial charge in [-0.25, -0.2) is 9.78 Å². The molecular formula is C27H31ClN6O2. The molecule has 1 saturated heterocycles. The number of aromatic nitrogens is 3. The Morgan fingerprint density at radius 3 is 2.67 bits per heavy atom. The number of ether oxygens (including phenoxy) is 1. The number of nitrogens with two attached hydrogens (primary N) is 1. The Kier molecular flexibility index (Phi) is 6.83. The quantitative estimate of drug-likeness (QED) is 0.568. The molecule has 1 aliphatic carbocycles. The second kappa shape index (κ2) is 10.0. The van der Waals surface area contributed by atoms with E-state index in [1.807, 2.05) is 49.9 Å². The highest BCUT2D eigenvalue weighted by Gasteiger charge is 2.35. The van der Waals surface area contributed by atoms with Crippen LogP contribution in [0.4, 0.5) is 4.79 Å². The van der Waals surface area contributed by atoms with Crippen molar-refractivity contribution in [3.8, 4) is 0 Å². The molecule has 1 aromatic carbocycles. The molecule has 0 saturated carbocycles. The first-order chi connectivity index (χ1) is 17.3. The molecule has 1 amide bonds. The highest BCUT2D eigenvalue weighted by molar-refractivity contribution is 6.30. The van der Waals surface area contributed by atoms with Gasteiger partial charge >= 0.3 is 6.09 Å². The van der Waals surface area contributed by atoms with Crippen molar-refractivity contribution in [2.45, 2.75) is 32.0 Å². The number of piperazine rings is 1. The largest absolute Gasteiger partial charge is 0.447 e. The van der Waals surface area contributed by atoms with E-state index in [9.17, 15) is 4.79 Å². The van der Waals surface area contributed by atoms with E-state index in [2.05, 4.69) is 28.1 Å². The fraction of sp³-hybridized carbons (Fsp3) is 0.370. The van der Waals surface area contributed by atoms with E-state index < -0.39 is 6.04 Å². The molecule has 2 N–H and O–H groups in total. The molecule has 2 unspecified atom stereocenters. The summed E-state index contributed by atoms with van der Waals surface area (Å²) in [7, 11) is 1.94. The number of halogens is 1. The summed E-state index contributed by atoms with van der Waals surface area (Å²) in [6.07, 6.45) is 7.12. The minimum absolute atomic E-state index is 0.107. The predicted molar refractivity (Wildman–Crippen MR) is 140 cm³/mol. The number of pyridine rings is 1. The Balaban J connectivity index is 1.55. The Bertz CT molecular complexity index is 1290. The number of benzene rings is 1. The third-order valence-electron chi connectivity index (χ3n) is 6.84. The normalized spacial score (nSPS) is 18.8. The van der Waals surface area contributed by atoms with Gasteiger partial charge in [0.2, 0.25) is 0 Å². The summed E-state index contributed by atoms with van der Waals surface area (Å²) in [6.45, 7) is 6.29. The molecule has 0 radical (unpaired) electrons. The molecule has 188 valence electrons. The summed E-state index contributed by atoms with van der Waals surface area (Å²) >= 11 is 6.52. The zero-order valence-corrected chi connectivity index (χ0v) is 21.5. The van der Waals surface area contributed by atoms with Crippen molar-refractivity contribution in [3.05, 3.63) is 82.2 Å². The number of carbonyl (C=O) groups excluding carboxylic acids is 1. The van der Waals surface area contributed by atoms with Crippen LogP contribution in [0.3, 0.4) is 0 Å². The van der Waals surface area contributed by atoms with Gasteiger partial charge in [-0.3, -0.25) is 9.88 Å². The minimum Gasteiger partial charge on any atom is -0.447 e. The number of nitrogens with zero attached hydrogens (tertiary/aromatic N) is 5. The van der Waals surface area contributed by atoms with Crippen molar-refractivity contribution in [1.29, 1.82) is 0 Å². The Labute approximate surface area is 216 Å². The molecule has 3 heterocycles. The van der Waals surface area contributed by atoms with E-state index in [-0.39, 0.29) is 18.2 Å². The lowest BCUT2D eigenvalue weighted by Crippen LogP contribution is -2.50. The maximum absolute atomic E-state index is 12.5. The summed E-state index contributed by atoms with van der Waals surface area (Å²) in [5.74, 6) is 0. The molecule has 1 fully saturated rings. The number of aryl methyl sites for hydroxylation is 1. The van der Waals surface area contributed by atoms with Crippen LogP contribution in [0, 0.1) is 0 Å². The van der Waals surface area contributed by atoms with Crippen LogP contribution in [-0.2, 0) is 11.8 Å². The number of fused-ring (bicyclic) bond motifs is 2. The molecular weight excluding hydrogens is 476 g/mol. The molecule has 8 nitrogen and oxygen atoms in total. The van der Waals surface area contributed by atoms with Crippen molar-refractivity contribution in [1.82, 2.24) is 24.3 Å². The van der Waals surface area contributed by atoms with Crippen molar-refractivity contribution in [2.24, 2.45) is 12.8 Å². The number of rotatable bonds is 4. The first-order valence-electron chi connectivity index (χ1n) is 12.2. The fourth-order valence-corrected chi connectivity index (χ4v) is 5.25. The average molecular weight is 507 g/mol. The Hall–Kier alpha value is -3.20. The van der Waals surface area contributed by atoms with Gasteiger partial charge in [0.05, 0.1) is 42.1 Å². The summed E-state index contributed by atoms with van der Waals surface area (Å²) in [4.78, 5) is 25.7. The molecule has 2 aliphatic rings. The summed E-state index contributed by atoms with van der Waals surface area (Å²) < 4.78 is 7.36. The van der Waals surface area contributed by atoms with E-state index in [0.29, 0.717) is 31.2 Å². The van der Waals surface area contributed by atoms with Crippen LogP contribution in [0.2, 0.25) is 5.02 Å². The van der Waals surface area contributed by atoms with E-state index in [4.69, 9.17) is 27.1 Å². The number of imidazole rings is 1. The maximum atomic E-state index is 12.5. The predicted octanol–water partition coefficient (Wildman–Crippen LogP) is 4.27. The smallest absolute Gasteiger partial charge is 0.410 e. The van der Waals surface area contributed by atoms with E-state index in [1.54, 1.807) is 17.4 Å². The van der Waals surface area contributed by atoms with Gasteiger partial charge in [0, 0.05) is 44.4 Å². The van der Waals surface area contributed by atoms with Crippen LogP contribution in [0.1, 0.15) is 54.0 Å². The number of amides is 1. The van der Waals surface area contributed by atoms with E-state index in [0.717, 1.165) is 33.7 Å². The molecule has 0 spiro atoms. The second-order valence-corrected chi connectivity index (χ2v) is 10.0. The van der Waals surface area contributed by atoms with E-state index >= 15 is 0 Å². The van der Waals surface area contributed by atoms with Gasteiger partial charge in [-0.1, -0.05) is 23.7 Å². The Morgan fingerprint density at radius 1 is 1.19 bits per heavy atom. The lowest BCUT2D eigenvalue weighted by Gasteiger charge is -2.39. The van der Waals surface area contributed by atoms with Crippen LogP contribution in [0.5, 0.6) is 0 Å². The standard InChI is InChI=1S/C27H31ClN6O2/c1-17(2)36-27(35)34-11-9-33(10-12-34)26-20-7-6-19(28)14-21(20)22(13-18-5-4-8-31-25(18)26)24(29)23-15-30-16-32(23)3/h4-8,13-17,24,26H,9-12,29H2,1-3H3. The van der Waals surface area contributed by atoms with Gasteiger partial charge in [0.25, 0.3) is 0 Å². The Morgan fingerprint density at radius 2 is 1.97 bits per heavy atom. The molecule has 36 heavy (non-hydrogen) atoms. The first-order valence-corrected chi connectivity index (χ1v) is 12.6. The fourth-order valence-electron chi connectivity index (χ4n) is 5.08. The van der Waals surface area contributed by atoms with Gasteiger partial charge in [-0.15, -0.1) is 0 Å².